The van der Waals surface area contributed by atoms with Crippen LogP contribution in [-0.2, 0) is 27.8 Å². The highest BCUT2D eigenvalue weighted by Crippen LogP contribution is 2.49. The third-order valence-corrected chi connectivity index (χ3v) is 5.63. The van der Waals surface area contributed by atoms with Crippen molar-refractivity contribution in [2.75, 3.05) is 19.5 Å². The largest absolute Gasteiger partial charge is 0.468 e. The first-order valence-electron chi connectivity index (χ1n) is 8.71. The molecule has 0 aromatic heterocycles. The number of hydrogen-bond acceptors (Lipinski definition) is 3. The molecule has 3 nitrogen and oxygen atoms in total. The van der Waals surface area contributed by atoms with E-state index in [1.165, 1.54) is 41.5 Å². The number of anilines is 1. The molecule has 2 aromatic carbocycles. The van der Waals surface area contributed by atoms with Crippen molar-refractivity contribution in [3.8, 4) is 11.1 Å². The molecule has 0 heterocycles. The Morgan fingerprint density at radius 1 is 1.04 bits per heavy atom. The number of hydrogen-bond donors (Lipinski definition) is 1. The lowest BCUT2D eigenvalue weighted by molar-refractivity contribution is -0.143. The second-order valence-electron chi connectivity index (χ2n) is 6.87. The zero-order chi connectivity index (χ0) is 16.7. The topological polar surface area (TPSA) is 38.3 Å². The maximum atomic E-state index is 12.0. The van der Waals surface area contributed by atoms with Crippen molar-refractivity contribution in [3.05, 3.63) is 53.1 Å². The van der Waals surface area contributed by atoms with E-state index in [2.05, 4.69) is 41.7 Å². The van der Waals surface area contributed by atoms with Crippen molar-refractivity contribution in [1.29, 1.82) is 0 Å². The molecule has 2 aliphatic carbocycles. The second kappa shape index (κ2) is 5.66. The lowest BCUT2D eigenvalue weighted by Crippen LogP contribution is -2.21. The summed E-state index contributed by atoms with van der Waals surface area (Å²) in [7, 11) is 3.47. The Morgan fingerprint density at radius 3 is 2.38 bits per heavy atom. The maximum absolute atomic E-state index is 12.0. The fourth-order valence-electron chi connectivity index (χ4n) is 4.11. The van der Waals surface area contributed by atoms with Crippen LogP contribution in [0.15, 0.2) is 36.4 Å². The predicted molar refractivity (Wildman–Crippen MR) is 96.4 cm³/mol. The quantitative estimate of drug-likeness (QED) is 0.862. The molecule has 0 bridgehead atoms. The highest BCUT2D eigenvalue weighted by Gasteiger charge is 2.52. The van der Waals surface area contributed by atoms with Gasteiger partial charge in [-0.25, -0.2) is 0 Å². The Labute approximate surface area is 143 Å². The Balaban J connectivity index is 1.70. The van der Waals surface area contributed by atoms with Gasteiger partial charge in [0.1, 0.15) is 0 Å². The van der Waals surface area contributed by atoms with Crippen LogP contribution in [-0.4, -0.2) is 20.1 Å². The predicted octanol–water partition coefficient (Wildman–Crippen LogP) is 4.09. The van der Waals surface area contributed by atoms with E-state index >= 15 is 0 Å². The van der Waals surface area contributed by atoms with Crippen molar-refractivity contribution in [3.63, 3.8) is 0 Å². The standard InChI is InChI=1S/C21H23NO2/c1-22-19-11-10-16(17-4-3-5-18(17)19)14-6-8-15(9-7-14)21(12-13-21)20(23)24-2/h6-11,22H,3-5,12-13H2,1-2H3. The first-order valence-corrected chi connectivity index (χ1v) is 8.71. The molecule has 3 heteroatoms. The van der Waals surface area contributed by atoms with E-state index in [0.717, 1.165) is 31.2 Å². The second-order valence-corrected chi connectivity index (χ2v) is 6.87. The number of ether oxygens (including phenoxy) is 1. The normalized spacial score (nSPS) is 17.2. The van der Waals surface area contributed by atoms with E-state index in [4.69, 9.17) is 4.74 Å². The van der Waals surface area contributed by atoms with Gasteiger partial charge in [-0.3, -0.25) is 4.79 Å². The molecule has 24 heavy (non-hydrogen) atoms. The molecule has 0 saturated heterocycles. The van der Waals surface area contributed by atoms with Gasteiger partial charge in [-0.2, -0.15) is 0 Å². The van der Waals surface area contributed by atoms with E-state index in [1.807, 2.05) is 7.05 Å². The van der Waals surface area contributed by atoms with Gasteiger partial charge in [0, 0.05) is 12.7 Å². The van der Waals surface area contributed by atoms with Gasteiger partial charge < -0.3 is 10.1 Å². The van der Waals surface area contributed by atoms with Crippen LogP contribution in [0.5, 0.6) is 0 Å². The lowest BCUT2D eigenvalue weighted by Gasteiger charge is -2.16. The Bertz CT molecular complexity index is 788. The SMILES string of the molecule is CNc1ccc(-c2ccc(C3(C(=O)OC)CC3)cc2)c2c1CCC2. The summed E-state index contributed by atoms with van der Waals surface area (Å²) in [6.45, 7) is 0. The monoisotopic (exact) mass is 321 g/mol. The molecule has 0 atom stereocenters. The first-order chi connectivity index (χ1) is 11.7. The van der Waals surface area contributed by atoms with E-state index in [9.17, 15) is 4.79 Å². The number of fused-ring (bicyclic) bond motifs is 1. The van der Waals surface area contributed by atoms with Gasteiger partial charge in [-0.1, -0.05) is 30.3 Å². The van der Waals surface area contributed by atoms with Crippen molar-refractivity contribution in [2.24, 2.45) is 0 Å². The third-order valence-electron chi connectivity index (χ3n) is 5.63. The van der Waals surface area contributed by atoms with Gasteiger partial charge in [-0.05, 0) is 66.0 Å². The average Bonchev–Trinajstić information content (AvgIpc) is 3.30. The van der Waals surface area contributed by atoms with E-state index in [0.29, 0.717) is 0 Å². The zero-order valence-corrected chi connectivity index (χ0v) is 14.3. The number of rotatable bonds is 4. The summed E-state index contributed by atoms with van der Waals surface area (Å²) in [5.41, 5.74) is 7.46. The fraction of sp³-hybridized carbons (Fsp3) is 0.381. The van der Waals surface area contributed by atoms with Crippen LogP contribution in [0.3, 0.4) is 0 Å². The molecule has 2 aliphatic rings. The molecular formula is C21H23NO2. The smallest absolute Gasteiger partial charge is 0.316 e. The first kappa shape index (κ1) is 15.3. The van der Waals surface area contributed by atoms with Gasteiger partial charge >= 0.3 is 5.97 Å². The van der Waals surface area contributed by atoms with Gasteiger partial charge in [0.2, 0.25) is 0 Å². The number of benzene rings is 2. The van der Waals surface area contributed by atoms with E-state index < -0.39 is 0 Å². The van der Waals surface area contributed by atoms with Crippen LogP contribution in [0.4, 0.5) is 5.69 Å². The summed E-state index contributed by atoms with van der Waals surface area (Å²) < 4.78 is 4.99. The number of carbonyl (C=O) groups is 1. The summed E-state index contributed by atoms with van der Waals surface area (Å²) in [5, 5.41) is 3.31. The molecule has 1 saturated carbocycles. The minimum Gasteiger partial charge on any atom is -0.468 e. The van der Waals surface area contributed by atoms with Crippen molar-refractivity contribution in [1.82, 2.24) is 0 Å². The summed E-state index contributed by atoms with van der Waals surface area (Å²) in [5.74, 6) is -0.102. The molecule has 1 fully saturated rings. The van der Waals surface area contributed by atoms with Crippen LogP contribution in [0.25, 0.3) is 11.1 Å². The van der Waals surface area contributed by atoms with Gasteiger partial charge in [0.25, 0.3) is 0 Å². The summed E-state index contributed by atoms with van der Waals surface area (Å²) in [6, 6.07) is 12.9. The van der Waals surface area contributed by atoms with Crippen molar-refractivity contribution >= 4 is 11.7 Å². The van der Waals surface area contributed by atoms with Gasteiger partial charge in [0.05, 0.1) is 12.5 Å². The van der Waals surface area contributed by atoms with Gasteiger partial charge in [0.15, 0.2) is 0 Å². The zero-order valence-electron chi connectivity index (χ0n) is 14.3. The Morgan fingerprint density at radius 2 is 1.75 bits per heavy atom. The minimum atomic E-state index is -0.384. The van der Waals surface area contributed by atoms with E-state index in [1.54, 1.807) is 0 Å². The molecule has 4 rings (SSSR count). The summed E-state index contributed by atoms with van der Waals surface area (Å²) in [6.07, 6.45) is 5.32. The molecule has 0 unspecified atom stereocenters. The van der Waals surface area contributed by atoms with Crippen LogP contribution in [0, 0.1) is 0 Å². The Hall–Kier alpha value is -2.29. The van der Waals surface area contributed by atoms with Crippen LogP contribution in [0.2, 0.25) is 0 Å². The number of methoxy groups -OCH3 is 1. The number of esters is 1. The highest BCUT2D eigenvalue weighted by atomic mass is 16.5. The van der Waals surface area contributed by atoms with Crippen LogP contribution >= 0.6 is 0 Å². The Kier molecular flexibility index (Phi) is 3.60. The molecule has 0 amide bonds. The third kappa shape index (κ3) is 2.22. The fourth-order valence-corrected chi connectivity index (χ4v) is 4.11. The molecule has 0 spiro atoms. The molecular weight excluding hydrogens is 298 g/mol. The van der Waals surface area contributed by atoms with Crippen molar-refractivity contribution < 1.29 is 9.53 Å². The highest BCUT2D eigenvalue weighted by molar-refractivity contribution is 5.87. The average molecular weight is 321 g/mol. The maximum Gasteiger partial charge on any atom is 0.316 e. The summed E-state index contributed by atoms with van der Waals surface area (Å²) in [4.78, 5) is 12.0. The molecule has 1 N–H and O–H groups in total. The lowest BCUT2D eigenvalue weighted by atomic mass is 9.91. The molecule has 2 aromatic rings. The molecule has 0 radical (unpaired) electrons. The van der Waals surface area contributed by atoms with Gasteiger partial charge in [-0.15, -0.1) is 0 Å². The number of carbonyl (C=O) groups excluding carboxylic acids is 1. The summed E-state index contributed by atoms with van der Waals surface area (Å²) >= 11 is 0. The van der Waals surface area contributed by atoms with Crippen LogP contribution < -0.4 is 5.32 Å². The minimum absolute atomic E-state index is 0.102. The number of nitrogens with one attached hydrogen (secondary N) is 1. The molecule has 124 valence electrons. The molecule has 0 aliphatic heterocycles. The van der Waals surface area contributed by atoms with Crippen LogP contribution in [0.1, 0.15) is 36.0 Å². The van der Waals surface area contributed by atoms with Crippen molar-refractivity contribution in [2.45, 2.75) is 37.5 Å². The van der Waals surface area contributed by atoms with E-state index in [-0.39, 0.29) is 11.4 Å².